The molecule has 0 saturated carbocycles. The summed E-state index contributed by atoms with van der Waals surface area (Å²) in [5.41, 5.74) is 5.97. The van der Waals surface area contributed by atoms with Crippen molar-refractivity contribution in [3.8, 4) is 22.5 Å². The Bertz CT molecular complexity index is 1670. The molecule has 0 radical (unpaired) electrons. The summed E-state index contributed by atoms with van der Waals surface area (Å²) in [5.74, 6) is 0.657. The van der Waals surface area contributed by atoms with Crippen molar-refractivity contribution in [2.24, 2.45) is 0 Å². The summed E-state index contributed by atoms with van der Waals surface area (Å²) in [6.07, 6.45) is 3.87. The number of nitrogens with zero attached hydrogens (tertiary/aromatic N) is 4. The van der Waals surface area contributed by atoms with Gasteiger partial charge in [-0.2, -0.15) is 0 Å². The van der Waals surface area contributed by atoms with Gasteiger partial charge in [-0.1, -0.05) is 42.5 Å². The van der Waals surface area contributed by atoms with Crippen LogP contribution in [0.4, 0.5) is 0 Å². The summed E-state index contributed by atoms with van der Waals surface area (Å²) in [6, 6.07) is 18.6. The maximum absolute atomic E-state index is 12.8. The van der Waals surface area contributed by atoms with Crippen LogP contribution in [0, 0.1) is 6.92 Å². The number of likely N-dealkylation sites (tertiary alicyclic amines) is 1. The van der Waals surface area contributed by atoms with Gasteiger partial charge in [-0.15, -0.1) is 10.2 Å². The van der Waals surface area contributed by atoms with Crippen LogP contribution in [0.15, 0.2) is 60.8 Å². The molecule has 8 nitrogen and oxygen atoms in total. The summed E-state index contributed by atoms with van der Waals surface area (Å²) < 4.78 is 20.4. The number of pyridine rings is 1. The standard InChI is InChI=1S/C35H43BN4O4/c1-23-27(11-9-12-28(23)36-43-34(5,6)35(7,8)44-36)26-18-20-40-30(21-26)37-38-31(40)25-16-14-24(15-17-25)22-39-19-10-13-29(39)32(41)42-33(2,3)4/h9,11-12,14-18,20-21,29H,10,13,19,22H2,1-8H3/t29-/m1/s1. The number of hydrogen-bond acceptors (Lipinski definition) is 7. The molecule has 2 fully saturated rings. The van der Waals surface area contributed by atoms with Gasteiger partial charge in [-0.25, -0.2) is 0 Å². The summed E-state index contributed by atoms with van der Waals surface area (Å²) >= 11 is 0. The monoisotopic (exact) mass is 594 g/mol. The van der Waals surface area contributed by atoms with Crippen molar-refractivity contribution in [1.82, 2.24) is 19.5 Å². The van der Waals surface area contributed by atoms with E-state index in [9.17, 15) is 4.79 Å². The van der Waals surface area contributed by atoms with Crippen LogP contribution in [0.5, 0.6) is 0 Å². The smallest absolute Gasteiger partial charge is 0.459 e. The molecule has 0 amide bonds. The summed E-state index contributed by atoms with van der Waals surface area (Å²) in [6.45, 7) is 17.8. The Morgan fingerprint density at radius 3 is 2.39 bits per heavy atom. The predicted molar refractivity (Wildman–Crippen MR) is 174 cm³/mol. The molecule has 2 aliphatic heterocycles. The summed E-state index contributed by atoms with van der Waals surface area (Å²) in [5, 5.41) is 9.06. The Morgan fingerprint density at radius 2 is 1.70 bits per heavy atom. The van der Waals surface area contributed by atoms with E-state index in [2.05, 4.69) is 104 Å². The van der Waals surface area contributed by atoms with Crippen LogP contribution in [-0.4, -0.2) is 62.0 Å². The number of hydrogen-bond donors (Lipinski definition) is 0. The van der Waals surface area contributed by atoms with Gasteiger partial charge in [0.1, 0.15) is 11.6 Å². The zero-order valence-electron chi connectivity index (χ0n) is 27.2. The normalized spacial score (nSPS) is 20.0. The van der Waals surface area contributed by atoms with Gasteiger partial charge in [-0.3, -0.25) is 14.1 Å². The number of benzene rings is 2. The van der Waals surface area contributed by atoms with Crippen molar-refractivity contribution in [3.05, 3.63) is 71.9 Å². The molecule has 230 valence electrons. The van der Waals surface area contributed by atoms with E-state index < -0.39 is 23.9 Å². The van der Waals surface area contributed by atoms with Gasteiger partial charge >= 0.3 is 13.1 Å². The second-order valence-electron chi connectivity index (χ2n) is 14.1. The first kappa shape index (κ1) is 30.5. The van der Waals surface area contributed by atoms with Gasteiger partial charge in [0.25, 0.3) is 0 Å². The third-order valence-electron chi connectivity index (χ3n) is 9.24. The Labute approximate surface area is 260 Å². The fourth-order valence-electron chi connectivity index (χ4n) is 6.09. The van der Waals surface area contributed by atoms with E-state index in [1.807, 2.05) is 31.4 Å². The molecule has 1 atom stereocenters. The molecule has 0 spiro atoms. The van der Waals surface area contributed by atoms with E-state index in [1.54, 1.807) is 0 Å². The second kappa shape index (κ2) is 11.1. The lowest BCUT2D eigenvalue weighted by Gasteiger charge is -2.32. The topological polar surface area (TPSA) is 78.2 Å². The molecular weight excluding hydrogens is 551 g/mol. The highest BCUT2D eigenvalue weighted by molar-refractivity contribution is 6.62. The van der Waals surface area contributed by atoms with Crippen molar-refractivity contribution in [1.29, 1.82) is 0 Å². The lowest BCUT2D eigenvalue weighted by Crippen LogP contribution is -2.41. The van der Waals surface area contributed by atoms with Gasteiger partial charge in [0.05, 0.1) is 11.2 Å². The van der Waals surface area contributed by atoms with Gasteiger partial charge in [0.15, 0.2) is 11.5 Å². The first-order valence-corrected chi connectivity index (χ1v) is 15.6. The lowest BCUT2D eigenvalue weighted by molar-refractivity contribution is -0.160. The Kier molecular flexibility index (Phi) is 7.71. The van der Waals surface area contributed by atoms with E-state index in [1.165, 1.54) is 0 Å². The van der Waals surface area contributed by atoms with Crippen molar-refractivity contribution in [2.45, 2.75) is 97.6 Å². The molecule has 2 aliphatic rings. The van der Waals surface area contributed by atoms with Crippen LogP contribution < -0.4 is 5.46 Å². The number of ether oxygens (including phenoxy) is 1. The predicted octanol–water partition coefficient (Wildman–Crippen LogP) is 5.98. The van der Waals surface area contributed by atoms with E-state index in [-0.39, 0.29) is 12.0 Å². The zero-order chi connectivity index (χ0) is 31.4. The molecule has 4 heterocycles. The highest BCUT2D eigenvalue weighted by Crippen LogP contribution is 2.37. The molecule has 2 aromatic heterocycles. The van der Waals surface area contributed by atoms with Crippen molar-refractivity contribution in [3.63, 3.8) is 0 Å². The number of rotatable bonds is 6. The SMILES string of the molecule is Cc1c(B2OC(C)(C)C(C)(C)O2)cccc1-c1ccn2c(-c3ccc(CN4CCC[C@@H]4C(=O)OC(C)(C)C)cc3)nnc2c1. The molecule has 2 aromatic carbocycles. The maximum atomic E-state index is 12.8. The van der Waals surface area contributed by atoms with Crippen LogP contribution in [0.1, 0.15) is 72.4 Å². The van der Waals surface area contributed by atoms with Crippen molar-refractivity contribution >= 4 is 24.2 Å². The van der Waals surface area contributed by atoms with Crippen molar-refractivity contribution in [2.75, 3.05) is 6.54 Å². The molecule has 6 rings (SSSR count). The molecule has 0 N–H and O–H groups in total. The second-order valence-corrected chi connectivity index (χ2v) is 14.1. The lowest BCUT2D eigenvalue weighted by atomic mass is 9.74. The molecule has 44 heavy (non-hydrogen) atoms. The number of esters is 1. The molecule has 0 unspecified atom stereocenters. The number of fused-ring (bicyclic) bond motifs is 1. The highest BCUT2D eigenvalue weighted by Gasteiger charge is 2.52. The van der Waals surface area contributed by atoms with Crippen LogP contribution in [0.3, 0.4) is 0 Å². The minimum Gasteiger partial charge on any atom is -0.459 e. The minimum absolute atomic E-state index is 0.129. The quantitative estimate of drug-likeness (QED) is 0.201. The molecule has 2 saturated heterocycles. The average molecular weight is 595 g/mol. The van der Waals surface area contributed by atoms with E-state index in [0.29, 0.717) is 6.54 Å². The molecule has 0 bridgehead atoms. The first-order chi connectivity index (χ1) is 20.7. The van der Waals surface area contributed by atoms with Gasteiger partial charge in [0, 0.05) is 18.3 Å². The van der Waals surface area contributed by atoms with E-state index in [4.69, 9.17) is 14.0 Å². The number of carbonyl (C=O) groups is 1. The number of aromatic nitrogens is 3. The highest BCUT2D eigenvalue weighted by atomic mass is 16.7. The maximum Gasteiger partial charge on any atom is 0.495 e. The molecule has 9 heteroatoms. The third kappa shape index (κ3) is 5.81. The van der Waals surface area contributed by atoms with E-state index >= 15 is 0 Å². The Morgan fingerprint density at radius 1 is 1.00 bits per heavy atom. The molecule has 0 aliphatic carbocycles. The van der Waals surface area contributed by atoms with E-state index in [0.717, 1.165) is 64.1 Å². The molecule has 4 aromatic rings. The fourth-order valence-corrected chi connectivity index (χ4v) is 6.09. The van der Waals surface area contributed by atoms with Crippen LogP contribution in [-0.2, 0) is 25.4 Å². The Hall–Kier alpha value is -3.53. The summed E-state index contributed by atoms with van der Waals surface area (Å²) in [7, 11) is -0.417. The first-order valence-electron chi connectivity index (χ1n) is 15.6. The number of carbonyl (C=O) groups excluding carboxylic acids is 1. The fraction of sp³-hybridized carbons (Fsp3) is 0.457. The molecular formula is C35H43BN4O4. The average Bonchev–Trinajstić information content (AvgIpc) is 3.64. The van der Waals surface area contributed by atoms with Gasteiger partial charge in [-0.05, 0) is 115 Å². The minimum atomic E-state index is -0.480. The third-order valence-corrected chi connectivity index (χ3v) is 9.24. The van der Waals surface area contributed by atoms with Crippen LogP contribution in [0.25, 0.3) is 28.2 Å². The van der Waals surface area contributed by atoms with Crippen LogP contribution >= 0.6 is 0 Å². The van der Waals surface area contributed by atoms with Crippen LogP contribution in [0.2, 0.25) is 0 Å². The van der Waals surface area contributed by atoms with Gasteiger partial charge in [0.2, 0.25) is 0 Å². The largest absolute Gasteiger partial charge is 0.495 e. The Balaban J connectivity index is 1.20. The summed E-state index contributed by atoms with van der Waals surface area (Å²) in [4.78, 5) is 15.0. The van der Waals surface area contributed by atoms with Crippen molar-refractivity contribution < 1.29 is 18.8 Å². The zero-order valence-corrected chi connectivity index (χ0v) is 27.2. The van der Waals surface area contributed by atoms with Gasteiger partial charge < -0.3 is 14.0 Å².